The van der Waals surface area contributed by atoms with Crippen LogP contribution in [0.15, 0.2) is 18.2 Å². The van der Waals surface area contributed by atoms with Crippen molar-refractivity contribution in [2.75, 3.05) is 0 Å². The maximum absolute atomic E-state index is 12.9. The van der Waals surface area contributed by atoms with E-state index in [9.17, 15) is 13.6 Å². The Balaban J connectivity index is 3.07. The Hall–Kier alpha value is -1.69. The molecule has 1 aromatic rings. The molecular formula is C10H6F2O. The zero-order valence-electron chi connectivity index (χ0n) is 6.68. The number of halogens is 2. The third-order valence-corrected chi connectivity index (χ3v) is 1.49. The molecule has 0 aromatic heterocycles. The highest BCUT2D eigenvalue weighted by Crippen LogP contribution is 2.11. The monoisotopic (exact) mass is 180 g/mol. The largest absolute Gasteiger partial charge is 0.293 e. The molecule has 1 aromatic carbocycles. The third-order valence-electron chi connectivity index (χ3n) is 1.49. The van der Waals surface area contributed by atoms with Crippen LogP contribution >= 0.6 is 0 Å². The number of benzene rings is 1. The van der Waals surface area contributed by atoms with Crippen LogP contribution in [0, 0.1) is 24.0 Å². The molecule has 0 radical (unpaired) electrons. The van der Waals surface area contributed by atoms with Crippen LogP contribution in [0.25, 0.3) is 0 Å². The number of hydrogen-bond donors (Lipinski definition) is 0. The summed E-state index contributed by atoms with van der Waals surface area (Å²) in [6, 6.07) is 2.69. The fourth-order valence-electron chi connectivity index (χ4n) is 0.899. The first-order chi connectivity index (χ1) is 6.15. The Bertz CT molecular complexity index is 377. The number of carbonyl (C=O) groups is 1. The second kappa shape index (κ2) is 3.81. The molecule has 3 heteroatoms. The second-order valence-corrected chi connectivity index (χ2v) is 2.43. The number of hydrogen-bond acceptors (Lipinski definition) is 1. The Morgan fingerprint density at radius 1 is 1.46 bits per heavy atom. The van der Waals surface area contributed by atoms with Gasteiger partial charge in [0.25, 0.3) is 0 Å². The average molecular weight is 180 g/mol. The summed E-state index contributed by atoms with van der Waals surface area (Å²) >= 11 is 0. The number of Topliss-reactive ketones (excluding diaryl/α,β-unsaturated/α-hetero) is 1. The van der Waals surface area contributed by atoms with Crippen LogP contribution in [-0.4, -0.2) is 5.78 Å². The first kappa shape index (κ1) is 9.40. The lowest BCUT2D eigenvalue weighted by molar-refractivity contribution is 0.0994. The van der Waals surface area contributed by atoms with Crippen molar-refractivity contribution < 1.29 is 13.6 Å². The summed E-state index contributed by atoms with van der Waals surface area (Å²) in [5.74, 6) is 0.0906. The van der Waals surface area contributed by atoms with Gasteiger partial charge in [-0.15, -0.1) is 6.42 Å². The van der Waals surface area contributed by atoms with E-state index in [1.165, 1.54) is 0 Å². The van der Waals surface area contributed by atoms with E-state index in [0.717, 1.165) is 18.2 Å². The van der Waals surface area contributed by atoms with Gasteiger partial charge in [-0.2, -0.15) is 0 Å². The molecule has 13 heavy (non-hydrogen) atoms. The lowest BCUT2D eigenvalue weighted by atomic mass is 10.1. The van der Waals surface area contributed by atoms with Crippen LogP contribution < -0.4 is 0 Å². The first-order valence-corrected chi connectivity index (χ1v) is 3.57. The number of rotatable bonds is 2. The van der Waals surface area contributed by atoms with E-state index < -0.39 is 17.4 Å². The highest BCUT2D eigenvalue weighted by Gasteiger charge is 2.10. The molecular weight excluding hydrogens is 174 g/mol. The van der Waals surface area contributed by atoms with Gasteiger partial charge in [0, 0.05) is 0 Å². The van der Waals surface area contributed by atoms with Crippen LogP contribution in [-0.2, 0) is 0 Å². The van der Waals surface area contributed by atoms with E-state index >= 15 is 0 Å². The van der Waals surface area contributed by atoms with E-state index in [0.29, 0.717) is 0 Å². The van der Waals surface area contributed by atoms with Gasteiger partial charge in [-0.05, 0) is 18.2 Å². The molecule has 0 amide bonds. The van der Waals surface area contributed by atoms with Crippen molar-refractivity contribution in [1.29, 1.82) is 0 Å². The molecule has 0 bridgehead atoms. The molecule has 0 atom stereocenters. The van der Waals surface area contributed by atoms with Crippen molar-refractivity contribution >= 4 is 5.78 Å². The first-order valence-electron chi connectivity index (χ1n) is 3.57. The molecule has 1 nitrogen and oxygen atoms in total. The summed E-state index contributed by atoms with van der Waals surface area (Å²) < 4.78 is 25.5. The average Bonchev–Trinajstić information content (AvgIpc) is 2.09. The molecule has 0 heterocycles. The van der Waals surface area contributed by atoms with Crippen molar-refractivity contribution in [1.82, 2.24) is 0 Å². The molecule has 0 N–H and O–H groups in total. The molecule has 0 saturated heterocycles. The Labute approximate surface area is 74.4 Å². The lowest BCUT2D eigenvalue weighted by Gasteiger charge is -1.98. The summed E-state index contributed by atoms with van der Waals surface area (Å²) in [7, 11) is 0. The molecule has 1 rings (SSSR count). The van der Waals surface area contributed by atoms with E-state index in [1.54, 1.807) is 0 Å². The fraction of sp³-hybridized carbons (Fsp3) is 0.100. The zero-order valence-corrected chi connectivity index (χ0v) is 6.68. The highest BCUT2D eigenvalue weighted by atomic mass is 19.1. The van der Waals surface area contributed by atoms with Crippen molar-refractivity contribution in [2.24, 2.45) is 0 Å². The molecule has 0 aliphatic carbocycles. The molecule has 0 aliphatic rings. The molecule has 66 valence electrons. The standard InChI is InChI=1S/C10H6F2O/c1-2-3-10(13)8-6-7(11)4-5-9(8)12/h1,4-6H,3H2. The summed E-state index contributed by atoms with van der Waals surface area (Å²) in [4.78, 5) is 11.1. The normalized spacial score (nSPS) is 9.31. The van der Waals surface area contributed by atoms with Gasteiger partial charge in [-0.3, -0.25) is 4.79 Å². The summed E-state index contributed by atoms with van der Waals surface area (Å²) in [6.45, 7) is 0. The Morgan fingerprint density at radius 2 is 2.15 bits per heavy atom. The maximum Gasteiger partial charge on any atom is 0.177 e. The van der Waals surface area contributed by atoms with E-state index in [4.69, 9.17) is 6.42 Å². The molecule has 0 saturated carbocycles. The van der Waals surface area contributed by atoms with Crippen LogP contribution in [0.3, 0.4) is 0 Å². The van der Waals surface area contributed by atoms with Gasteiger partial charge in [0.1, 0.15) is 11.6 Å². The molecule has 0 spiro atoms. The highest BCUT2D eigenvalue weighted by molar-refractivity contribution is 5.97. The number of ketones is 1. The molecule has 0 unspecified atom stereocenters. The fourth-order valence-corrected chi connectivity index (χ4v) is 0.899. The zero-order chi connectivity index (χ0) is 9.84. The number of carbonyl (C=O) groups excluding carboxylic acids is 1. The molecule has 0 aliphatic heterocycles. The maximum atomic E-state index is 12.9. The van der Waals surface area contributed by atoms with Gasteiger partial charge in [0.15, 0.2) is 5.78 Å². The van der Waals surface area contributed by atoms with E-state index in [2.05, 4.69) is 5.92 Å². The van der Waals surface area contributed by atoms with Crippen LogP contribution in [0.1, 0.15) is 16.8 Å². The quantitative estimate of drug-likeness (QED) is 0.503. The van der Waals surface area contributed by atoms with Crippen LogP contribution in [0.4, 0.5) is 8.78 Å². The minimum absolute atomic E-state index is 0.222. The minimum Gasteiger partial charge on any atom is -0.293 e. The SMILES string of the molecule is C#CCC(=O)c1cc(F)ccc1F. The van der Waals surface area contributed by atoms with Crippen LogP contribution in [0.2, 0.25) is 0 Å². The van der Waals surface area contributed by atoms with Gasteiger partial charge in [0.2, 0.25) is 0 Å². The van der Waals surface area contributed by atoms with Crippen molar-refractivity contribution in [3.63, 3.8) is 0 Å². The van der Waals surface area contributed by atoms with Crippen molar-refractivity contribution in [3.05, 3.63) is 35.4 Å². The second-order valence-electron chi connectivity index (χ2n) is 2.43. The van der Waals surface area contributed by atoms with Crippen molar-refractivity contribution in [2.45, 2.75) is 6.42 Å². The smallest absolute Gasteiger partial charge is 0.177 e. The predicted octanol–water partition coefficient (Wildman–Crippen LogP) is 2.17. The van der Waals surface area contributed by atoms with Crippen LogP contribution in [0.5, 0.6) is 0 Å². The Morgan fingerprint density at radius 3 is 2.77 bits per heavy atom. The predicted molar refractivity (Wildman–Crippen MR) is 44.1 cm³/mol. The van der Waals surface area contributed by atoms with Gasteiger partial charge >= 0.3 is 0 Å². The topological polar surface area (TPSA) is 17.1 Å². The van der Waals surface area contributed by atoms with Gasteiger partial charge in [0.05, 0.1) is 12.0 Å². The van der Waals surface area contributed by atoms with Gasteiger partial charge in [-0.25, -0.2) is 8.78 Å². The van der Waals surface area contributed by atoms with Crippen molar-refractivity contribution in [3.8, 4) is 12.3 Å². The molecule has 0 fully saturated rings. The summed E-state index contributed by atoms with van der Waals surface area (Å²) in [5, 5.41) is 0. The van der Waals surface area contributed by atoms with E-state index in [1.807, 2.05) is 0 Å². The van der Waals surface area contributed by atoms with Gasteiger partial charge in [-0.1, -0.05) is 5.92 Å². The number of terminal acetylenes is 1. The summed E-state index contributed by atoms with van der Waals surface area (Å²) in [5.41, 5.74) is -0.294. The lowest BCUT2D eigenvalue weighted by Crippen LogP contribution is -2.01. The van der Waals surface area contributed by atoms with E-state index in [-0.39, 0.29) is 12.0 Å². The van der Waals surface area contributed by atoms with Gasteiger partial charge < -0.3 is 0 Å². The Kier molecular flexibility index (Phi) is 2.76. The summed E-state index contributed by atoms with van der Waals surface area (Å²) in [6.07, 6.45) is 4.65. The minimum atomic E-state index is -0.748. The third kappa shape index (κ3) is 2.12.